The second-order valence-electron chi connectivity index (χ2n) is 6.26. The van der Waals surface area contributed by atoms with Crippen molar-refractivity contribution < 1.29 is 4.42 Å². The molecule has 3 heteroatoms. The van der Waals surface area contributed by atoms with Crippen molar-refractivity contribution in [3.05, 3.63) is 48.5 Å². The molecular formula is C21H26N2O. The molecule has 0 fully saturated rings. The van der Waals surface area contributed by atoms with Crippen LogP contribution in [0, 0.1) is 0 Å². The summed E-state index contributed by atoms with van der Waals surface area (Å²) in [6.07, 6.45) is 7.95. The lowest BCUT2D eigenvalue weighted by Gasteiger charge is -2.06. The van der Waals surface area contributed by atoms with Crippen LogP contribution in [-0.4, -0.2) is 11.5 Å². The Morgan fingerprint density at radius 1 is 0.875 bits per heavy atom. The maximum atomic E-state index is 5.81. The van der Waals surface area contributed by atoms with Crippen LogP contribution in [0.15, 0.2) is 52.9 Å². The fraction of sp³-hybridized carbons (Fsp3) is 0.381. The van der Waals surface area contributed by atoms with Gasteiger partial charge in [0.2, 0.25) is 5.89 Å². The highest BCUT2D eigenvalue weighted by Crippen LogP contribution is 2.25. The molecule has 0 saturated heterocycles. The zero-order chi connectivity index (χ0) is 16.6. The van der Waals surface area contributed by atoms with Gasteiger partial charge in [-0.1, -0.05) is 51.2 Å². The molecule has 0 saturated carbocycles. The number of nitrogens with one attached hydrogen (secondary N) is 1. The smallest absolute Gasteiger partial charge is 0.227 e. The standard InChI is InChI=1S/C21H26N2O/c1-2-3-4-5-6-9-16-22-18-14-12-17(13-15-18)21-23-19-10-7-8-11-20(19)24-21/h7-8,10-15,22H,2-6,9,16H2,1H3. The number of benzene rings is 2. The molecular weight excluding hydrogens is 296 g/mol. The van der Waals surface area contributed by atoms with Crippen molar-refractivity contribution in [1.82, 2.24) is 4.98 Å². The summed E-state index contributed by atoms with van der Waals surface area (Å²) in [7, 11) is 0. The van der Waals surface area contributed by atoms with Gasteiger partial charge in [-0.25, -0.2) is 4.98 Å². The van der Waals surface area contributed by atoms with Crippen molar-refractivity contribution in [3.63, 3.8) is 0 Å². The lowest BCUT2D eigenvalue weighted by molar-refractivity contribution is 0.617. The van der Waals surface area contributed by atoms with Crippen molar-refractivity contribution in [2.45, 2.75) is 45.4 Å². The van der Waals surface area contributed by atoms with Crippen LogP contribution in [0.3, 0.4) is 0 Å². The number of unbranched alkanes of at least 4 members (excludes halogenated alkanes) is 5. The molecule has 0 bridgehead atoms. The second kappa shape index (κ2) is 8.53. The van der Waals surface area contributed by atoms with E-state index in [0.717, 1.165) is 28.9 Å². The van der Waals surface area contributed by atoms with Crippen LogP contribution in [0.5, 0.6) is 0 Å². The Balaban J connectivity index is 1.50. The molecule has 1 heterocycles. The summed E-state index contributed by atoms with van der Waals surface area (Å²) in [6, 6.07) is 16.2. The molecule has 0 aliphatic carbocycles. The van der Waals surface area contributed by atoms with Crippen LogP contribution in [0.25, 0.3) is 22.6 Å². The lowest BCUT2D eigenvalue weighted by Crippen LogP contribution is -2.01. The maximum Gasteiger partial charge on any atom is 0.227 e. The molecule has 0 unspecified atom stereocenters. The van der Waals surface area contributed by atoms with E-state index in [-0.39, 0.29) is 0 Å². The van der Waals surface area contributed by atoms with Crippen LogP contribution < -0.4 is 5.32 Å². The SMILES string of the molecule is CCCCCCCCNc1ccc(-c2nc3ccccc3o2)cc1. The molecule has 0 aliphatic heterocycles. The number of fused-ring (bicyclic) bond motifs is 1. The van der Waals surface area contributed by atoms with E-state index in [4.69, 9.17) is 4.42 Å². The second-order valence-corrected chi connectivity index (χ2v) is 6.26. The Kier molecular flexibility index (Phi) is 5.89. The van der Waals surface area contributed by atoms with Crippen molar-refractivity contribution in [2.75, 3.05) is 11.9 Å². The van der Waals surface area contributed by atoms with E-state index >= 15 is 0 Å². The molecule has 24 heavy (non-hydrogen) atoms. The minimum atomic E-state index is 0.679. The number of rotatable bonds is 9. The predicted octanol–water partition coefficient (Wildman–Crippen LogP) is 6.27. The van der Waals surface area contributed by atoms with Crippen molar-refractivity contribution in [1.29, 1.82) is 0 Å². The van der Waals surface area contributed by atoms with Crippen molar-refractivity contribution in [3.8, 4) is 11.5 Å². The predicted molar refractivity (Wildman–Crippen MR) is 101 cm³/mol. The number of para-hydroxylation sites is 2. The third-order valence-electron chi connectivity index (χ3n) is 4.29. The summed E-state index contributed by atoms with van der Waals surface area (Å²) in [6.45, 7) is 3.29. The molecule has 3 nitrogen and oxygen atoms in total. The van der Waals surface area contributed by atoms with Crippen LogP contribution in [-0.2, 0) is 0 Å². The number of anilines is 1. The van der Waals surface area contributed by atoms with Gasteiger partial charge in [0, 0.05) is 17.8 Å². The van der Waals surface area contributed by atoms with Crippen molar-refractivity contribution >= 4 is 16.8 Å². The topological polar surface area (TPSA) is 38.1 Å². The molecule has 0 atom stereocenters. The molecule has 0 spiro atoms. The van der Waals surface area contributed by atoms with Gasteiger partial charge in [-0.3, -0.25) is 0 Å². The third kappa shape index (κ3) is 4.38. The van der Waals surface area contributed by atoms with Gasteiger partial charge in [0.05, 0.1) is 0 Å². The molecule has 0 aliphatic rings. The Morgan fingerprint density at radius 3 is 2.42 bits per heavy atom. The molecule has 3 aromatic rings. The molecule has 0 amide bonds. The van der Waals surface area contributed by atoms with Gasteiger partial charge in [0.15, 0.2) is 5.58 Å². The molecule has 1 N–H and O–H groups in total. The summed E-state index contributed by atoms with van der Waals surface area (Å²) in [5.74, 6) is 0.679. The first kappa shape index (κ1) is 16.6. The van der Waals surface area contributed by atoms with E-state index in [0.29, 0.717) is 5.89 Å². The number of hydrogen-bond donors (Lipinski definition) is 1. The fourth-order valence-electron chi connectivity index (χ4n) is 2.86. The molecule has 2 aromatic carbocycles. The minimum Gasteiger partial charge on any atom is -0.436 e. The van der Waals surface area contributed by atoms with Gasteiger partial charge in [-0.2, -0.15) is 0 Å². The first-order valence-electron chi connectivity index (χ1n) is 9.06. The Labute approximate surface area is 144 Å². The monoisotopic (exact) mass is 322 g/mol. The Morgan fingerprint density at radius 2 is 1.62 bits per heavy atom. The molecule has 3 rings (SSSR count). The fourth-order valence-corrected chi connectivity index (χ4v) is 2.86. The highest BCUT2D eigenvalue weighted by Gasteiger charge is 2.07. The van der Waals surface area contributed by atoms with Gasteiger partial charge < -0.3 is 9.73 Å². The van der Waals surface area contributed by atoms with Crippen LogP contribution in [0.4, 0.5) is 5.69 Å². The summed E-state index contributed by atoms with van der Waals surface area (Å²) in [5, 5.41) is 3.49. The summed E-state index contributed by atoms with van der Waals surface area (Å²) in [4.78, 5) is 4.54. The molecule has 0 radical (unpaired) electrons. The first-order valence-corrected chi connectivity index (χ1v) is 9.06. The number of nitrogens with zero attached hydrogens (tertiary/aromatic N) is 1. The van der Waals surface area contributed by atoms with E-state index < -0.39 is 0 Å². The number of aromatic nitrogens is 1. The zero-order valence-corrected chi connectivity index (χ0v) is 14.4. The maximum absolute atomic E-state index is 5.81. The lowest BCUT2D eigenvalue weighted by atomic mass is 10.1. The van der Waals surface area contributed by atoms with E-state index in [2.05, 4.69) is 41.5 Å². The minimum absolute atomic E-state index is 0.679. The first-order chi connectivity index (χ1) is 11.9. The van der Waals surface area contributed by atoms with Gasteiger partial charge >= 0.3 is 0 Å². The zero-order valence-electron chi connectivity index (χ0n) is 14.4. The van der Waals surface area contributed by atoms with Crippen LogP contribution in [0.1, 0.15) is 45.4 Å². The highest BCUT2D eigenvalue weighted by atomic mass is 16.3. The van der Waals surface area contributed by atoms with Gasteiger partial charge in [-0.05, 0) is 42.8 Å². The third-order valence-corrected chi connectivity index (χ3v) is 4.29. The highest BCUT2D eigenvalue weighted by molar-refractivity contribution is 5.76. The van der Waals surface area contributed by atoms with E-state index in [1.807, 2.05) is 24.3 Å². The van der Waals surface area contributed by atoms with Crippen LogP contribution in [0.2, 0.25) is 0 Å². The Bertz CT molecular complexity index is 713. The Hall–Kier alpha value is -2.29. The largest absolute Gasteiger partial charge is 0.436 e. The summed E-state index contributed by atoms with van der Waals surface area (Å²) < 4.78 is 5.81. The summed E-state index contributed by atoms with van der Waals surface area (Å²) in [5.41, 5.74) is 3.90. The average Bonchev–Trinajstić information content (AvgIpc) is 3.05. The van der Waals surface area contributed by atoms with Crippen LogP contribution >= 0.6 is 0 Å². The van der Waals surface area contributed by atoms with Crippen molar-refractivity contribution in [2.24, 2.45) is 0 Å². The van der Waals surface area contributed by atoms with E-state index in [1.54, 1.807) is 0 Å². The van der Waals surface area contributed by atoms with Gasteiger partial charge in [0.1, 0.15) is 5.52 Å². The number of oxazole rings is 1. The quantitative estimate of drug-likeness (QED) is 0.472. The number of hydrogen-bond acceptors (Lipinski definition) is 3. The average molecular weight is 322 g/mol. The van der Waals surface area contributed by atoms with E-state index in [9.17, 15) is 0 Å². The normalized spacial score (nSPS) is 11.0. The van der Waals surface area contributed by atoms with E-state index in [1.165, 1.54) is 38.5 Å². The summed E-state index contributed by atoms with van der Waals surface area (Å²) >= 11 is 0. The van der Waals surface area contributed by atoms with Gasteiger partial charge in [-0.15, -0.1) is 0 Å². The molecule has 1 aromatic heterocycles. The van der Waals surface area contributed by atoms with Gasteiger partial charge in [0.25, 0.3) is 0 Å². The molecule has 126 valence electrons.